The maximum absolute atomic E-state index is 5.50. The largest absolute Gasteiger partial charge is 0.256 e. The van der Waals surface area contributed by atoms with Gasteiger partial charge in [0.05, 0.1) is 57.6 Å². The van der Waals surface area contributed by atoms with Gasteiger partial charge in [0.25, 0.3) is 0 Å². The van der Waals surface area contributed by atoms with Gasteiger partial charge in [-0.2, -0.15) is 0 Å². The molecule has 17 aromatic rings. The Bertz CT molecular complexity index is 5270. The molecule has 392 valence electrons. The highest BCUT2D eigenvalue weighted by atomic mass is 32.1. The number of fused-ring (bicyclic) bond motifs is 8. The topological polar surface area (TPSA) is 77.3 Å². The Morgan fingerprint density at radius 3 is 1.17 bits per heavy atom. The number of pyridine rings is 2. The maximum Gasteiger partial charge on any atom is 0.124 e. The van der Waals surface area contributed by atoms with E-state index in [2.05, 4.69) is 248 Å². The van der Waals surface area contributed by atoms with Crippen LogP contribution in [0.4, 0.5) is 0 Å². The molecule has 0 fully saturated rings. The fourth-order valence-corrected chi connectivity index (χ4v) is 15.5. The Balaban J connectivity index is 0.717. The van der Waals surface area contributed by atoms with Gasteiger partial charge in [-0.3, -0.25) is 4.98 Å². The number of benzene rings is 11. The van der Waals surface area contributed by atoms with E-state index in [-0.39, 0.29) is 0 Å². The summed E-state index contributed by atoms with van der Waals surface area (Å²) in [5.74, 6) is 0. The molecule has 0 aliphatic carbocycles. The van der Waals surface area contributed by atoms with Crippen LogP contribution in [0.2, 0.25) is 0 Å². The minimum absolute atomic E-state index is 0.945. The molecule has 0 spiro atoms. The first-order valence-electron chi connectivity index (χ1n) is 27.7. The molecule has 17 rings (SSSR count). The van der Waals surface area contributed by atoms with Crippen molar-refractivity contribution in [3.63, 3.8) is 0 Å². The van der Waals surface area contributed by atoms with Gasteiger partial charge >= 0.3 is 0 Å². The smallest absolute Gasteiger partial charge is 0.124 e. The Morgan fingerprint density at radius 2 is 0.619 bits per heavy atom. The summed E-state index contributed by atoms with van der Waals surface area (Å²) in [7, 11) is 0. The summed E-state index contributed by atoms with van der Waals surface area (Å²) in [4.78, 5) is 30.7. The van der Waals surface area contributed by atoms with Gasteiger partial charge in [0.1, 0.15) is 20.0 Å². The summed E-state index contributed by atoms with van der Waals surface area (Å²) in [6.07, 6.45) is 1.89. The van der Waals surface area contributed by atoms with Crippen LogP contribution >= 0.6 is 45.3 Å². The number of nitrogens with zero attached hydrogens (tertiary/aromatic N) is 6. The fourth-order valence-electron chi connectivity index (χ4n) is 11.7. The van der Waals surface area contributed by atoms with Crippen molar-refractivity contribution >= 4 is 119 Å². The van der Waals surface area contributed by atoms with Crippen LogP contribution in [-0.2, 0) is 0 Å². The van der Waals surface area contributed by atoms with Crippen LogP contribution in [0.15, 0.2) is 255 Å². The van der Waals surface area contributed by atoms with E-state index in [1.807, 2.05) is 12.3 Å². The second-order valence-corrected chi connectivity index (χ2v) is 25.2. The van der Waals surface area contributed by atoms with Crippen molar-refractivity contribution in [2.45, 2.75) is 0 Å². The Morgan fingerprint density at radius 1 is 0.214 bits per heavy atom. The lowest BCUT2D eigenvalue weighted by molar-refractivity contribution is 1.41. The maximum atomic E-state index is 5.50. The Labute approximate surface area is 498 Å². The van der Waals surface area contributed by atoms with Crippen molar-refractivity contribution < 1.29 is 0 Å². The third-order valence-corrected chi connectivity index (χ3v) is 20.2. The van der Waals surface area contributed by atoms with Crippen molar-refractivity contribution in [2.24, 2.45) is 0 Å². The molecule has 84 heavy (non-hydrogen) atoms. The summed E-state index contributed by atoms with van der Waals surface area (Å²) in [5, 5.41) is 8.48. The average molecular weight is 1140 g/mol. The van der Waals surface area contributed by atoms with Crippen LogP contribution in [0, 0.1) is 0 Å². The van der Waals surface area contributed by atoms with Gasteiger partial charge in [0, 0.05) is 50.2 Å². The quantitative estimate of drug-likeness (QED) is 0.134. The zero-order valence-corrected chi connectivity index (χ0v) is 47.8. The van der Waals surface area contributed by atoms with Gasteiger partial charge in [-0.05, 0) is 153 Å². The van der Waals surface area contributed by atoms with E-state index in [9.17, 15) is 0 Å². The molecule has 6 nitrogen and oxygen atoms in total. The lowest BCUT2D eigenvalue weighted by atomic mass is 9.95. The molecule has 0 aliphatic heterocycles. The van der Waals surface area contributed by atoms with E-state index < -0.39 is 0 Å². The molecular formula is C74H42N6S4. The normalized spacial score (nSPS) is 11.8. The van der Waals surface area contributed by atoms with Crippen LogP contribution < -0.4 is 0 Å². The lowest BCUT2D eigenvalue weighted by Gasteiger charge is -2.13. The van der Waals surface area contributed by atoms with E-state index in [1.54, 1.807) is 45.3 Å². The van der Waals surface area contributed by atoms with E-state index in [0.29, 0.717) is 0 Å². The lowest BCUT2D eigenvalue weighted by Crippen LogP contribution is -1.91. The van der Waals surface area contributed by atoms with Crippen molar-refractivity contribution in [2.75, 3.05) is 0 Å². The van der Waals surface area contributed by atoms with Crippen molar-refractivity contribution in [1.82, 2.24) is 29.9 Å². The van der Waals surface area contributed by atoms with Gasteiger partial charge in [0.15, 0.2) is 0 Å². The number of hydrogen-bond donors (Lipinski definition) is 0. The van der Waals surface area contributed by atoms with E-state index in [1.165, 1.54) is 25.0 Å². The van der Waals surface area contributed by atoms with Gasteiger partial charge in [-0.25, -0.2) is 24.9 Å². The highest BCUT2D eigenvalue weighted by molar-refractivity contribution is 7.23. The highest BCUT2D eigenvalue weighted by Crippen LogP contribution is 2.43. The minimum Gasteiger partial charge on any atom is -0.256 e. The molecule has 0 aliphatic rings. The zero-order chi connectivity index (χ0) is 55.2. The molecule has 0 saturated carbocycles. The summed E-state index contributed by atoms with van der Waals surface area (Å²) in [5.41, 5.74) is 21.2. The summed E-state index contributed by atoms with van der Waals surface area (Å²) < 4.78 is 4.63. The summed E-state index contributed by atoms with van der Waals surface area (Å²) in [6.45, 7) is 0. The molecule has 0 bridgehead atoms. The Hall–Kier alpha value is -9.94. The number of aromatic nitrogens is 6. The number of para-hydroxylation sites is 4. The van der Waals surface area contributed by atoms with Crippen molar-refractivity contribution in [3.05, 3.63) is 255 Å². The fraction of sp³-hybridized carbons (Fsp3) is 0. The zero-order valence-electron chi connectivity index (χ0n) is 44.6. The van der Waals surface area contributed by atoms with Gasteiger partial charge in [-0.1, -0.05) is 146 Å². The molecule has 6 heterocycles. The molecule has 0 N–H and O–H groups in total. The number of thiazole rings is 4. The second-order valence-electron chi connectivity index (χ2n) is 21.0. The van der Waals surface area contributed by atoms with Crippen LogP contribution in [0.3, 0.4) is 0 Å². The number of rotatable bonds is 9. The average Bonchev–Trinajstić information content (AvgIpc) is 4.30. The van der Waals surface area contributed by atoms with Gasteiger partial charge in [0.2, 0.25) is 0 Å². The third-order valence-electron chi connectivity index (χ3n) is 15.8. The predicted octanol–water partition coefficient (Wildman–Crippen LogP) is 21.4. The van der Waals surface area contributed by atoms with Crippen LogP contribution in [0.25, 0.3) is 171 Å². The first-order valence-corrected chi connectivity index (χ1v) is 31.0. The van der Waals surface area contributed by atoms with E-state index >= 15 is 0 Å². The van der Waals surface area contributed by atoms with Gasteiger partial charge in [-0.15, -0.1) is 45.3 Å². The summed E-state index contributed by atoms with van der Waals surface area (Å²) in [6, 6.07) is 88.9. The third kappa shape index (κ3) is 8.65. The second kappa shape index (κ2) is 19.9. The minimum atomic E-state index is 0.945. The SMILES string of the molecule is c1ccc2sc(-c3cc(-c4ccc(-c5nc6cc(-c7ccc8nc(-c9cc(-c%10ccc(-c%11ccnc%12ccccc%11%12)cc%10)cc(-c%10nc%11ccccc%11s%10)c9)sc8c7)ccc6c6ccccc56)cc4)cc(-c4nc5ccccc5s4)c3)nc2c1. The standard InChI is InChI=1S/C74H42N6S4/c1-2-13-59-56(11-1)58-31-29-47(41-65(58)76-70(59)46-27-23-44(24-28-46)50-36-51(71-77-61-15-5-8-18-66(61)81-71)39-52(37-50)72-78-62-16-6-9-19-67(62)82-72)48-30-32-64-69(42-48)84-74(80-64)54-38-49(35-53(40-54)73-79-63-17-7-10-20-68(63)83-73)43-21-25-45(26-22-43)55-33-34-75-60-14-4-3-12-57(55)60/h1-42H. The predicted molar refractivity (Wildman–Crippen MR) is 356 cm³/mol. The van der Waals surface area contributed by atoms with Gasteiger partial charge < -0.3 is 0 Å². The first-order chi connectivity index (χ1) is 41.5. The molecule has 0 saturated heterocycles. The molecule has 0 radical (unpaired) electrons. The van der Waals surface area contributed by atoms with Crippen LogP contribution in [0.1, 0.15) is 0 Å². The molecule has 0 unspecified atom stereocenters. The van der Waals surface area contributed by atoms with E-state index in [0.717, 1.165) is 146 Å². The van der Waals surface area contributed by atoms with Crippen LogP contribution in [0.5, 0.6) is 0 Å². The molecule has 6 aromatic heterocycles. The van der Waals surface area contributed by atoms with Crippen molar-refractivity contribution in [1.29, 1.82) is 0 Å². The van der Waals surface area contributed by atoms with E-state index in [4.69, 9.17) is 24.9 Å². The molecule has 0 atom stereocenters. The first kappa shape index (κ1) is 48.7. The summed E-state index contributed by atoms with van der Waals surface area (Å²) >= 11 is 6.89. The molecular weight excluding hydrogens is 1100 g/mol. The monoisotopic (exact) mass is 1140 g/mol. The highest BCUT2D eigenvalue weighted by Gasteiger charge is 2.19. The van der Waals surface area contributed by atoms with Crippen LogP contribution in [-0.4, -0.2) is 29.9 Å². The van der Waals surface area contributed by atoms with Crippen molar-refractivity contribution in [3.8, 4) is 98.0 Å². The Kier molecular flexibility index (Phi) is 11.5. The molecule has 10 heteroatoms. The molecule has 0 amide bonds. The number of hydrogen-bond acceptors (Lipinski definition) is 10. The molecule has 11 aromatic carbocycles.